The van der Waals surface area contributed by atoms with Crippen molar-refractivity contribution in [3.05, 3.63) is 42.5 Å². The van der Waals surface area contributed by atoms with Crippen molar-refractivity contribution in [3.63, 3.8) is 0 Å². The average Bonchev–Trinajstić information content (AvgIpc) is 3.06. The highest BCUT2D eigenvalue weighted by Gasteiger charge is 2.20. The number of amides is 2. The number of urea groups is 1. The Hall–Kier alpha value is -2.41. The molecule has 7 nitrogen and oxygen atoms in total. The van der Waals surface area contributed by atoms with E-state index in [1.807, 2.05) is 45.0 Å². The van der Waals surface area contributed by atoms with Crippen molar-refractivity contribution >= 4 is 6.03 Å². The molecule has 0 aliphatic heterocycles. The van der Waals surface area contributed by atoms with Gasteiger partial charge in [0.25, 0.3) is 0 Å². The molecule has 2 N–H and O–H groups in total. The topological polar surface area (TPSA) is 83.3 Å². The molecule has 2 rings (SSSR count). The van der Waals surface area contributed by atoms with E-state index in [1.165, 1.54) is 6.33 Å². The van der Waals surface area contributed by atoms with Crippen LogP contribution in [0.3, 0.4) is 0 Å². The van der Waals surface area contributed by atoms with Crippen LogP contribution in [-0.2, 0) is 0 Å². The number of benzene rings is 1. The SMILES string of the molecule is CC(O)CN(C(=O)NC(C)c1ccc(-n2cncn2)cc1)C(C)C. The number of aliphatic hydroxyl groups excluding tert-OH is 1. The molecule has 1 aromatic carbocycles. The second kappa shape index (κ2) is 7.92. The monoisotopic (exact) mass is 331 g/mol. The van der Waals surface area contributed by atoms with Gasteiger partial charge in [-0.25, -0.2) is 14.5 Å². The van der Waals surface area contributed by atoms with Gasteiger partial charge < -0.3 is 15.3 Å². The number of aliphatic hydroxyl groups is 1. The van der Waals surface area contributed by atoms with Crippen LogP contribution in [0.25, 0.3) is 5.69 Å². The van der Waals surface area contributed by atoms with Crippen LogP contribution in [-0.4, -0.2) is 49.5 Å². The zero-order chi connectivity index (χ0) is 17.7. The zero-order valence-electron chi connectivity index (χ0n) is 14.5. The smallest absolute Gasteiger partial charge is 0.318 e. The second-order valence-electron chi connectivity index (χ2n) is 6.20. The second-order valence-corrected chi connectivity index (χ2v) is 6.20. The molecule has 0 aliphatic rings. The third-order valence-electron chi connectivity index (χ3n) is 3.76. The van der Waals surface area contributed by atoms with E-state index in [2.05, 4.69) is 15.4 Å². The molecule has 2 amide bonds. The summed E-state index contributed by atoms with van der Waals surface area (Å²) in [7, 11) is 0. The van der Waals surface area contributed by atoms with Crippen LogP contribution in [0.4, 0.5) is 4.79 Å². The minimum Gasteiger partial charge on any atom is -0.392 e. The molecule has 1 heterocycles. The lowest BCUT2D eigenvalue weighted by atomic mass is 10.1. The first-order valence-corrected chi connectivity index (χ1v) is 8.08. The van der Waals surface area contributed by atoms with Gasteiger partial charge in [0.1, 0.15) is 12.7 Å². The Labute approximate surface area is 142 Å². The van der Waals surface area contributed by atoms with Gasteiger partial charge in [-0.1, -0.05) is 12.1 Å². The Morgan fingerprint density at radius 2 is 1.92 bits per heavy atom. The third kappa shape index (κ3) is 4.55. The molecule has 0 saturated heterocycles. The maximum Gasteiger partial charge on any atom is 0.318 e. The number of carbonyl (C=O) groups is 1. The van der Waals surface area contributed by atoms with Gasteiger partial charge in [0, 0.05) is 12.6 Å². The number of hydrogen-bond donors (Lipinski definition) is 2. The number of hydrogen-bond acceptors (Lipinski definition) is 4. The summed E-state index contributed by atoms with van der Waals surface area (Å²) in [5, 5.41) is 16.6. The molecular weight excluding hydrogens is 306 g/mol. The molecule has 7 heteroatoms. The summed E-state index contributed by atoms with van der Waals surface area (Å²) in [5.41, 5.74) is 1.90. The standard InChI is InChI=1S/C17H25N5O2/c1-12(2)21(9-13(3)23)17(24)20-14(4)15-5-7-16(8-6-15)22-11-18-10-19-22/h5-8,10-14,23H,9H2,1-4H3,(H,20,24). The molecule has 2 aromatic rings. The van der Waals surface area contributed by atoms with E-state index in [-0.39, 0.29) is 18.1 Å². The van der Waals surface area contributed by atoms with E-state index in [1.54, 1.807) is 22.8 Å². The molecular formula is C17H25N5O2. The van der Waals surface area contributed by atoms with E-state index < -0.39 is 6.10 Å². The molecule has 24 heavy (non-hydrogen) atoms. The van der Waals surface area contributed by atoms with Crippen molar-refractivity contribution in [2.24, 2.45) is 0 Å². The molecule has 0 radical (unpaired) electrons. The minimum atomic E-state index is -0.560. The maximum atomic E-state index is 12.4. The van der Waals surface area contributed by atoms with Crippen LogP contribution in [0.1, 0.15) is 39.3 Å². The average molecular weight is 331 g/mol. The molecule has 0 aliphatic carbocycles. The van der Waals surface area contributed by atoms with Crippen LogP contribution >= 0.6 is 0 Å². The first-order valence-electron chi connectivity index (χ1n) is 8.08. The first kappa shape index (κ1) is 17.9. The van der Waals surface area contributed by atoms with Crippen LogP contribution in [0, 0.1) is 0 Å². The largest absolute Gasteiger partial charge is 0.392 e. The number of nitrogens with zero attached hydrogens (tertiary/aromatic N) is 4. The zero-order valence-corrected chi connectivity index (χ0v) is 14.5. The predicted octanol–water partition coefficient (Wildman–Crippen LogP) is 2.13. The van der Waals surface area contributed by atoms with Crippen molar-refractivity contribution in [2.75, 3.05) is 6.54 Å². The summed E-state index contributed by atoms with van der Waals surface area (Å²) >= 11 is 0. The lowest BCUT2D eigenvalue weighted by Gasteiger charge is -2.29. The van der Waals surface area contributed by atoms with Crippen molar-refractivity contribution < 1.29 is 9.90 Å². The van der Waals surface area contributed by atoms with E-state index in [0.717, 1.165) is 11.3 Å². The molecule has 0 spiro atoms. The van der Waals surface area contributed by atoms with Crippen molar-refractivity contribution in [2.45, 2.75) is 45.9 Å². The lowest BCUT2D eigenvalue weighted by molar-refractivity contribution is 0.117. The highest BCUT2D eigenvalue weighted by atomic mass is 16.3. The lowest BCUT2D eigenvalue weighted by Crippen LogP contribution is -2.47. The number of nitrogens with one attached hydrogen (secondary N) is 1. The summed E-state index contributed by atoms with van der Waals surface area (Å²) in [6.45, 7) is 7.78. The maximum absolute atomic E-state index is 12.4. The van der Waals surface area contributed by atoms with Crippen LogP contribution in [0.2, 0.25) is 0 Å². The van der Waals surface area contributed by atoms with Gasteiger partial charge in [-0.05, 0) is 45.4 Å². The Kier molecular flexibility index (Phi) is 5.92. The van der Waals surface area contributed by atoms with Crippen molar-refractivity contribution in [3.8, 4) is 5.69 Å². The van der Waals surface area contributed by atoms with Crippen molar-refractivity contribution in [1.82, 2.24) is 25.0 Å². The molecule has 130 valence electrons. The number of carbonyl (C=O) groups excluding carboxylic acids is 1. The van der Waals surface area contributed by atoms with Gasteiger partial charge in [0.15, 0.2) is 0 Å². The predicted molar refractivity (Wildman–Crippen MR) is 91.8 cm³/mol. The van der Waals surface area contributed by atoms with Gasteiger partial charge in [-0.3, -0.25) is 0 Å². The summed E-state index contributed by atoms with van der Waals surface area (Å²) < 4.78 is 1.68. The van der Waals surface area contributed by atoms with E-state index in [9.17, 15) is 9.90 Å². The Morgan fingerprint density at radius 3 is 2.42 bits per heavy atom. The van der Waals surface area contributed by atoms with Gasteiger partial charge in [0.2, 0.25) is 0 Å². The summed E-state index contributed by atoms with van der Waals surface area (Å²) in [5.74, 6) is 0. The molecule has 0 fully saturated rings. The van der Waals surface area contributed by atoms with Crippen LogP contribution < -0.4 is 5.32 Å². The quantitative estimate of drug-likeness (QED) is 0.849. The van der Waals surface area contributed by atoms with Crippen LogP contribution in [0.5, 0.6) is 0 Å². The van der Waals surface area contributed by atoms with E-state index >= 15 is 0 Å². The molecule has 1 aromatic heterocycles. The fourth-order valence-electron chi connectivity index (χ4n) is 2.42. The fourth-order valence-corrected chi connectivity index (χ4v) is 2.42. The minimum absolute atomic E-state index is 0.0153. The number of rotatable bonds is 6. The van der Waals surface area contributed by atoms with Gasteiger partial charge >= 0.3 is 6.03 Å². The Bertz CT molecular complexity index is 638. The molecule has 0 saturated carbocycles. The molecule has 0 bridgehead atoms. The summed E-state index contributed by atoms with van der Waals surface area (Å²) in [6, 6.07) is 7.47. The van der Waals surface area contributed by atoms with Crippen molar-refractivity contribution in [1.29, 1.82) is 0 Å². The van der Waals surface area contributed by atoms with Gasteiger partial charge in [-0.15, -0.1) is 0 Å². The van der Waals surface area contributed by atoms with Gasteiger partial charge in [-0.2, -0.15) is 5.10 Å². The fraction of sp³-hybridized carbons (Fsp3) is 0.471. The van der Waals surface area contributed by atoms with Crippen LogP contribution in [0.15, 0.2) is 36.9 Å². The summed E-state index contributed by atoms with van der Waals surface area (Å²) in [4.78, 5) is 18.0. The Morgan fingerprint density at radius 1 is 1.25 bits per heavy atom. The summed E-state index contributed by atoms with van der Waals surface area (Å²) in [6.07, 6.45) is 2.56. The normalized spacial score (nSPS) is 13.6. The van der Waals surface area contributed by atoms with E-state index in [4.69, 9.17) is 0 Å². The molecule has 2 unspecified atom stereocenters. The highest BCUT2D eigenvalue weighted by Crippen LogP contribution is 2.16. The number of aromatic nitrogens is 3. The third-order valence-corrected chi connectivity index (χ3v) is 3.76. The molecule has 2 atom stereocenters. The highest BCUT2D eigenvalue weighted by molar-refractivity contribution is 5.75. The Balaban J connectivity index is 2.03. The first-order chi connectivity index (χ1) is 11.4. The van der Waals surface area contributed by atoms with Gasteiger partial charge in [0.05, 0.1) is 17.8 Å². The van der Waals surface area contributed by atoms with E-state index in [0.29, 0.717) is 6.54 Å².